The van der Waals surface area contributed by atoms with Gasteiger partial charge in [0, 0.05) is 28.9 Å². The van der Waals surface area contributed by atoms with Crippen LogP contribution >= 0.6 is 23.2 Å². The molecule has 0 bridgehead atoms. The van der Waals surface area contributed by atoms with Crippen molar-refractivity contribution >= 4 is 45.8 Å². The fourth-order valence-electron chi connectivity index (χ4n) is 4.12. The summed E-state index contributed by atoms with van der Waals surface area (Å²) >= 11 is 11.6. The average molecular weight is 489 g/mol. The van der Waals surface area contributed by atoms with E-state index in [9.17, 15) is 14.0 Å². The van der Waals surface area contributed by atoms with E-state index in [2.05, 4.69) is 10.3 Å². The van der Waals surface area contributed by atoms with Crippen LogP contribution in [-0.2, 0) is 4.79 Å². The standard InChI is InChI=1S/C25H23Cl2FN2O3/c26-17-4-10-23-16(12-17)3-9-24(30-23)25(32)29-18-5-1-15(11-18)2-6-19(31)14-33-20-7-8-21(27)22(28)13-20/h3-4,7-10,12-13,15,18H,1-2,5-6,11,14H2,(H,29,32). The zero-order chi connectivity index (χ0) is 23.4. The zero-order valence-corrected chi connectivity index (χ0v) is 19.3. The Morgan fingerprint density at radius 1 is 1.09 bits per heavy atom. The number of benzene rings is 2. The van der Waals surface area contributed by atoms with Gasteiger partial charge in [0.25, 0.3) is 5.91 Å². The van der Waals surface area contributed by atoms with Crippen LogP contribution in [0.5, 0.6) is 5.75 Å². The van der Waals surface area contributed by atoms with E-state index in [0.29, 0.717) is 23.1 Å². The number of pyridine rings is 1. The Morgan fingerprint density at radius 2 is 1.94 bits per heavy atom. The van der Waals surface area contributed by atoms with Crippen molar-refractivity contribution in [2.45, 2.75) is 38.1 Å². The summed E-state index contributed by atoms with van der Waals surface area (Å²) in [6.45, 7) is -0.104. The molecule has 1 saturated carbocycles. The fourth-order valence-corrected chi connectivity index (χ4v) is 4.42. The molecule has 1 fully saturated rings. The summed E-state index contributed by atoms with van der Waals surface area (Å²) in [4.78, 5) is 29.2. The molecule has 172 valence electrons. The first-order valence-corrected chi connectivity index (χ1v) is 11.6. The van der Waals surface area contributed by atoms with Gasteiger partial charge < -0.3 is 10.1 Å². The third-order valence-electron chi connectivity index (χ3n) is 5.88. The molecular weight excluding hydrogens is 466 g/mol. The largest absolute Gasteiger partial charge is 0.486 e. The number of fused-ring (bicyclic) bond motifs is 1. The van der Waals surface area contributed by atoms with Crippen molar-refractivity contribution in [3.63, 3.8) is 0 Å². The smallest absolute Gasteiger partial charge is 0.270 e. The molecule has 1 aliphatic carbocycles. The summed E-state index contributed by atoms with van der Waals surface area (Å²) in [5.41, 5.74) is 1.10. The minimum absolute atomic E-state index is 0.0119. The molecular formula is C25H23Cl2FN2O3. The summed E-state index contributed by atoms with van der Waals surface area (Å²) < 4.78 is 18.8. The summed E-state index contributed by atoms with van der Waals surface area (Å²) in [5, 5.41) is 4.59. The molecule has 33 heavy (non-hydrogen) atoms. The number of ether oxygens (including phenoxy) is 1. The van der Waals surface area contributed by atoms with E-state index in [0.717, 1.165) is 36.6 Å². The molecule has 2 atom stereocenters. The van der Waals surface area contributed by atoms with Crippen LogP contribution < -0.4 is 10.1 Å². The highest BCUT2D eigenvalue weighted by Crippen LogP contribution is 2.30. The molecule has 4 rings (SSSR count). The monoisotopic (exact) mass is 488 g/mol. The number of Topliss-reactive ketones (excluding diaryl/α,β-unsaturated/α-hetero) is 1. The molecule has 5 nitrogen and oxygen atoms in total. The summed E-state index contributed by atoms with van der Waals surface area (Å²) in [6, 6.07) is 13.1. The maximum absolute atomic E-state index is 13.4. The Balaban J connectivity index is 1.21. The van der Waals surface area contributed by atoms with Crippen LogP contribution in [-0.4, -0.2) is 29.3 Å². The topological polar surface area (TPSA) is 68.3 Å². The van der Waals surface area contributed by atoms with Crippen molar-refractivity contribution < 1.29 is 18.7 Å². The highest BCUT2D eigenvalue weighted by atomic mass is 35.5. The maximum atomic E-state index is 13.4. The van der Waals surface area contributed by atoms with Gasteiger partial charge in [0.2, 0.25) is 0 Å². The Morgan fingerprint density at radius 3 is 2.76 bits per heavy atom. The van der Waals surface area contributed by atoms with E-state index >= 15 is 0 Å². The van der Waals surface area contributed by atoms with Gasteiger partial charge in [-0.15, -0.1) is 0 Å². The predicted octanol–water partition coefficient (Wildman–Crippen LogP) is 6.01. The van der Waals surface area contributed by atoms with Gasteiger partial charge in [0.15, 0.2) is 5.78 Å². The molecule has 1 aliphatic rings. The maximum Gasteiger partial charge on any atom is 0.270 e. The van der Waals surface area contributed by atoms with Gasteiger partial charge in [-0.1, -0.05) is 29.3 Å². The second kappa shape index (κ2) is 10.5. The van der Waals surface area contributed by atoms with Crippen molar-refractivity contribution in [2.75, 3.05) is 6.61 Å². The number of hydrogen-bond donors (Lipinski definition) is 1. The summed E-state index contributed by atoms with van der Waals surface area (Å²) in [5.74, 6) is -0.183. The number of aromatic nitrogens is 1. The van der Waals surface area contributed by atoms with E-state index in [4.69, 9.17) is 27.9 Å². The number of nitrogens with zero attached hydrogens (tertiary/aromatic N) is 1. The normalized spacial score (nSPS) is 17.8. The van der Waals surface area contributed by atoms with Crippen molar-refractivity contribution in [3.05, 3.63) is 70.1 Å². The first-order valence-electron chi connectivity index (χ1n) is 10.8. The van der Waals surface area contributed by atoms with Crippen LogP contribution in [0.25, 0.3) is 10.9 Å². The number of nitrogens with one attached hydrogen (secondary N) is 1. The first kappa shape index (κ1) is 23.5. The second-order valence-corrected chi connectivity index (χ2v) is 9.17. The van der Waals surface area contributed by atoms with Gasteiger partial charge in [-0.05, 0) is 68.0 Å². The molecule has 0 radical (unpaired) electrons. The van der Waals surface area contributed by atoms with E-state index in [-0.39, 0.29) is 35.1 Å². The lowest BCUT2D eigenvalue weighted by Crippen LogP contribution is -2.33. The number of carbonyl (C=O) groups is 2. The molecule has 0 aliphatic heterocycles. The third-order valence-corrected chi connectivity index (χ3v) is 6.42. The molecule has 1 aromatic heterocycles. The highest BCUT2D eigenvalue weighted by Gasteiger charge is 2.27. The minimum Gasteiger partial charge on any atom is -0.486 e. The molecule has 0 saturated heterocycles. The van der Waals surface area contributed by atoms with Crippen LogP contribution in [0.3, 0.4) is 0 Å². The second-order valence-electron chi connectivity index (χ2n) is 8.32. The van der Waals surface area contributed by atoms with Crippen molar-refractivity contribution in [2.24, 2.45) is 5.92 Å². The van der Waals surface area contributed by atoms with Gasteiger partial charge in [-0.25, -0.2) is 9.37 Å². The average Bonchev–Trinajstić information content (AvgIpc) is 3.25. The molecule has 2 unspecified atom stereocenters. The predicted molar refractivity (Wildman–Crippen MR) is 126 cm³/mol. The minimum atomic E-state index is -0.580. The SMILES string of the molecule is O=C(CCC1CCC(NC(=O)c2ccc3cc(Cl)ccc3n2)C1)COc1ccc(Cl)c(F)c1. The van der Waals surface area contributed by atoms with Crippen LogP contribution in [0.1, 0.15) is 42.6 Å². The van der Waals surface area contributed by atoms with Crippen molar-refractivity contribution in [3.8, 4) is 5.75 Å². The van der Waals surface area contributed by atoms with Gasteiger partial charge in [0.05, 0.1) is 10.5 Å². The van der Waals surface area contributed by atoms with Crippen LogP contribution in [0.2, 0.25) is 10.0 Å². The molecule has 0 spiro atoms. The quantitative estimate of drug-likeness (QED) is 0.421. The van der Waals surface area contributed by atoms with Crippen molar-refractivity contribution in [1.29, 1.82) is 0 Å². The number of carbonyl (C=O) groups excluding carboxylic acids is 2. The Kier molecular flexibility index (Phi) is 7.46. The van der Waals surface area contributed by atoms with E-state index in [1.165, 1.54) is 18.2 Å². The molecule has 3 aromatic rings. The molecule has 1 heterocycles. The Hall–Kier alpha value is -2.70. The molecule has 2 aromatic carbocycles. The van der Waals surface area contributed by atoms with Gasteiger partial charge in [0.1, 0.15) is 23.9 Å². The van der Waals surface area contributed by atoms with Gasteiger partial charge in [-0.3, -0.25) is 9.59 Å². The van der Waals surface area contributed by atoms with Gasteiger partial charge in [-0.2, -0.15) is 0 Å². The number of halogens is 3. The summed E-state index contributed by atoms with van der Waals surface area (Å²) in [7, 11) is 0. The molecule has 1 amide bonds. The molecule has 1 N–H and O–H groups in total. The van der Waals surface area contributed by atoms with Crippen LogP contribution in [0.15, 0.2) is 48.5 Å². The zero-order valence-electron chi connectivity index (χ0n) is 17.8. The lowest BCUT2D eigenvalue weighted by molar-refractivity contribution is -0.121. The van der Waals surface area contributed by atoms with Gasteiger partial charge >= 0.3 is 0 Å². The number of amides is 1. The molecule has 8 heteroatoms. The number of rotatable bonds is 8. The fraction of sp³-hybridized carbons (Fsp3) is 0.320. The van der Waals surface area contributed by atoms with Crippen LogP contribution in [0.4, 0.5) is 4.39 Å². The number of ketones is 1. The number of hydrogen-bond acceptors (Lipinski definition) is 4. The van der Waals surface area contributed by atoms with E-state index in [1.807, 2.05) is 12.1 Å². The highest BCUT2D eigenvalue weighted by molar-refractivity contribution is 6.31. The Bertz CT molecular complexity index is 1190. The lowest BCUT2D eigenvalue weighted by atomic mass is 10.00. The van der Waals surface area contributed by atoms with Crippen molar-refractivity contribution in [1.82, 2.24) is 10.3 Å². The van der Waals surface area contributed by atoms with Crippen LogP contribution in [0, 0.1) is 11.7 Å². The third kappa shape index (κ3) is 6.21. The van der Waals surface area contributed by atoms with E-state index in [1.54, 1.807) is 18.2 Å². The Labute approximate surface area is 201 Å². The lowest BCUT2D eigenvalue weighted by Gasteiger charge is -2.13. The summed E-state index contributed by atoms with van der Waals surface area (Å²) in [6.07, 6.45) is 3.76. The van der Waals surface area contributed by atoms with E-state index < -0.39 is 5.82 Å². The first-order chi connectivity index (χ1) is 15.9.